The van der Waals surface area contributed by atoms with Crippen LogP contribution in [-0.4, -0.2) is 44.2 Å². The molecule has 1 rings (SSSR count). The molecular formula is C13H21NO7P2. The van der Waals surface area contributed by atoms with Crippen LogP contribution in [0.25, 0.3) is 0 Å². The molecule has 8 nitrogen and oxygen atoms in total. The fraction of sp³-hybridized carbons (Fsp3) is 0.462. The molecule has 0 heterocycles. The number of amides is 1. The number of aliphatic hydroxyl groups excluding tert-OH is 1. The van der Waals surface area contributed by atoms with Gasteiger partial charge in [0.25, 0.3) is 0 Å². The highest BCUT2D eigenvalue weighted by molar-refractivity contribution is 7.48. The average Bonchev–Trinajstić information content (AvgIpc) is 2.57. The number of phosphoric acid groups is 1. The van der Waals surface area contributed by atoms with E-state index >= 15 is 0 Å². The van der Waals surface area contributed by atoms with Gasteiger partial charge in [0.2, 0.25) is 0 Å². The van der Waals surface area contributed by atoms with Gasteiger partial charge >= 0.3 is 13.9 Å². The lowest BCUT2D eigenvalue weighted by molar-refractivity contribution is 0.132. The number of hydrogen-bond donors (Lipinski definition) is 2. The maximum atomic E-state index is 12.4. The largest absolute Gasteiger partial charge is 0.530 e. The van der Waals surface area contributed by atoms with Gasteiger partial charge in [-0.05, 0) is 23.9 Å². The molecule has 2 unspecified atom stereocenters. The van der Waals surface area contributed by atoms with Crippen molar-refractivity contribution in [2.24, 2.45) is 0 Å². The van der Waals surface area contributed by atoms with E-state index in [2.05, 4.69) is 14.6 Å². The lowest BCUT2D eigenvalue weighted by Gasteiger charge is -2.18. The Bertz CT molecular complexity index is 512. The Morgan fingerprint density at radius 1 is 1.26 bits per heavy atom. The summed E-state index contributed by atoms with van der Waals surface area (Å²) in [7, 11) is 0.107. The first kappa shape index (κ1) is 19.9. The number of carbonyl (C=O) groups is 1. The molecule has 1 aromatic rings. The molecule has 130 valence electrons. The van der Waals surface area contributed by atoms with Gasteiger partial charge < -0.3 is 19.7 Å². The van der Waals surface area contributed by atoms with Crippen LogP contribution < -0.4 is 9.84 Å². The highest BCUT2D eigenvalue weighted by Crippen LogP contribution is 2.49. The summed E-state index contributed by atoms with van der Waals surface area (Å²) in [6, 6.07) is 6.43. The van der Waals surface area contributed by atoms with E-state index in [1.165, 1.54) is 7.05 Å². The maximum absolute atomic E-state index is 12.4. The number of nitrogens with one attached hydrogen (secondary N) is 1. The molecule has 2 atom stereocenters. The van der Waals surface area contributed by atoms with E-state index in [4.69, 9.17) is 23.4 Å². The number of ether oxygens (including phenoxy) is 1. The predicted octanol–water partition coefficient (Wildman–Crippen LogP) is 1.93. The van der Waals surface area contributed by atoms with Gasteiger partial charge in [-0.1, -0.05) is 12.1 Å². The Morgan fingerprint density at radius 2 is 1.91 bits per heavy atom. The Labute approximate surface area is 137 Å². The van der Waals surface area contributed by atoms with Crippen molar-refractivity contribution in [3.8, 4) is 5.75 Å². The van der Waals surface area contributed by atoms with Crippen LogP contribution in [0.4, 0.5) is 4.79 Å². The average molecular weight is 365 g/mol. The number of hydrogen-bond acceptors (Lipinski definition) is 7. The Kier molecular flexibility index (Phi) is 9.14. The summed E-state index contributed by atoms with van der Waals surface area (Å²) in [5.74, 6) is 0.277. The van der Waals surface area contributed by atoms with Crippen LogP contribution in [0, 0.1) is 0 Å². The summed E-state index contributed by atoms with van der Waals surface area (Å²) in [6.45, 7) is -0.187. The number of benzene rings is 1. The molecule has 0 aliphatic carbocycles. The zero-order chi connectivity index (χ0) is 17.1. The molecule has 0 fully saturated rings. The third-order valence-corrected chi connectivity index (χ3v) is 4.09. The smallest absolute Gasteiger partial charge is 0.445 e. The summed E-state index contributed by atoms with van der Waals surface area (Å²) in [4.78, 5) is 11.0. The molecule has 1 amide bonds. The standard InChI is InChI=1S/C13H21NO7P2/c1-14-13(16)18-10-11-2-4-12(5-3-11)21-23(17,19-7-6-15)20-8-9-22/h2-5,15H,6-10,22H2,1H3,(H,14,16). The van der Waals surface area contributed by atoms with Crippen molar-refractivity contribution in [3.63, 3.8) is 0 Å². The van der Waals surface area contributed by atoms with E-state index in [-0.39, 0.29) is 32.2 Å². The normalized spacial score (nSPS) is 13.2. The lowest BCUT2D eigenvalue weighted by atomic mass is 10.2. The summed E-state index contributed by atoms with van der Waals surface area (Å²) in [5, 5.41) is 11.1. The van der Waals surface area contributed by atoms with Gasteiger partial charge in [0.05, 0.1) is 19.8 Å². The molecule has 10 heteroatoms. The first-order chi connectivity index (χ1) is 11.0. The molecule has 0 aromatic heterocycles. The second-order valence-corrected chi connectivity index (χ2v) is 6.36. The molecule has 0 aliphatic rings. The quantitative estimate of drug-likeness (QED) is 0.611. The van der Waals surface area contributed by atoms with Crippen molar-refractivity contribution >= 4 is 23.2 Å². The van der Waals surface area contributed by atoms with E-state index < -0.39 is 13.9 Å². The van der Waals surface area contributed by atoms with E-state index in [1.54, 1.807) is 24.3 Å². The highest BCUT2D eigenvalue weighted by atomic mass is 31.2. The summed E-state index contributed by atoms with van der Waals surface area (Å²) in [5.41, 5.74) is 0.734. The second-order valence-electron chi connectivity index (χ2n) is 4.19. The van der Waals surface area contributed by atoms with Crippen LogP contribution in [0.1, 0.15) is 5.56 Å². The van der Waals surface area contributed by atoms with Crippen LogP contribution >= 0.6 is 17.1 Å². The van der Waals surface area contributed by atoms with Crippen molar-refractivity contribution < 1.29 is 32.8 Å². The van der Waals surface area contributed by atoms with Crippen LogP contribution in [0.5, 0.6) is 5.75 Å². The number of rotatable bonds is 10. The molecule has 0 saturated carbocycles. The van der Waals surface area contributed by atoms with E-state index in [0.29, 0.717) is 6.16 Å². The topological polar surface area (TPSA) is 103 Å². The number of carbonyl (C=O) groups excluding carboxylic acids is 1. The molecule has 2 N–H and O–H groups in total. The molecule has 0 spiro atoms. The van der Waals surface area contributed by atoms with Crippen LogP contribution in [0.2, 0.25) is 0 Å². The van der Waals surface area contributed by atoms with Gasteiger partial charge in [-0.2, -0.15) is 0 Å². The van der Waals surface area contributed by atoms with Crippen LogP contribution in [0.15, 0.2) is 24.3 Å². The van der Waals surface area contributed by atoms with Crippen molar-refractivity contribution in [3.05, 3.63) is 29.8 Å². The third kappa shape index (κ3) is 7.77. The van der Waals surface area contributed by atoms with Crippen molar-refractivity contribution in [2.45, 2.75) is 6.61 Å². The molecular weight excluding hydrogens is 344 g/mol. The zero-order valence-electron chi connectivity index (χ0n) is 12.8. The van der Waals surface area contributed by atoms with Crippen LogP contribution in [0.3, 0.4) is 0 Å². The molecule has 0 saturated heterocycles. The molecule has 1 aromatic carbocycles. The maximum Gasteiger partial charge on any atom is 0.530 e. The van der Waals surface area contributed by atoms with E-state index in [0.717, 1.165) is 5.56 Å². The monoisotopic (exact) mass is 365 g/mol. The SMILES string of the molecule is CNC(=O)OCc1ccc(OP(=O)(OCCO)OCCP)cc1. The minimum atomic E-state index is -3.79. The summed E-state index contributed by atoms with van der Waals surface area (Å²) in [6.07, 6.45) is 0.0315. The highest BCUT2D eigenvalue weighted by Gasteiger charge is 2.28. The molecule has 0 radical (unpaired) electrons. The van der Waals surface area contributed by atoms with E-state index in [9.17, 15) is 9.36 Å². The fourth-order valence-corrected chi connectivity index (χ4v) is 2.91. The summed E-state index contributed by atoms with van der Waals surface area (Å²) >= 11 is 0. The fourth-order valence-electron chi connectivity index (χ4n) is 1.40. The number of aliphatic hydroxyl groups is 1. The van der Waals surface area contributed by atoms with Gasteiger partial charge in [0.1, 0.15) is 12.4 Å². The summed E-state index contributed by atoms with van der Waals surface area (Å²) < 4.78 is 32.6. The second kappa shape index (κ2) is 10.6. The minimum Gasteiger partial charge on any atom is -0.445 e. The van der Waals surface area contributed by atoms with Crippen molar-refractivity contribution in [2.75, 3.05) is 33.0 Å². The van der Waals surface area contributed by atoms with Gasteiger partial charge in [0.15, 0.2) is 0 Å². The lowest BCUT2D eigenvalue weighted by Crippen LogP contribution is -2.18. The third-order valence-electron chi connectivity index (χ3n) is 2.42. The molecule has 0 bridgehead atoms. The first-order valence-corrected chi connectivity index (χ1v) is 9.14. The number of phosphoric ester groups is 1. The molecule has 0 aliphatic heterocycles. The van der Waals surface area contributed by atoms with Gasteiger partial charge in [-0.3, -0.25) is 9.05 Å². The number of alkyl carbamates (subject to hydrolysis) is 1. The predicted molar refractivity (Wildman–Crippen MR) is 87.5 cm³/mol. The van der Waals surface area contributed by atoms with E-state index in [1.807, 2.05) is 0 Å². The Hall–Kier alpha value is -1.17. The first-order valence-electron chi connectivity index (χ1n) is 6.86. The Morgan fingerprint density at radius 3 is 2.48 bits per heavy atom. The van der Waals surface area contributed by atoms with Crippen LogP contribution in [-0.2, 0) is 25.0 Å². The van der Waals surface area contributed by atoms with Gasteiger partial charge in [-0.25, -0.2) is 9.36 Å². The van der Waals surface area contributed by atoms with Gasteiger partial charge in [-0.15, -0.1) is 9.24 Å². The van der Waals surface area contributed by atoms with Crippen molar-refractivity contribution in [1.29, 1.82) is 0 Å². The Balaban J connectivity index is 2.65. The zero-order valence-corrected chi connectivity index (χ0v) is 14.8. The van der Waals surface area contributed by atoms with Crippen molar-refractivity contribution in [1.82, 2.24) is 5.32 Å². The van der Waals surface area contributed by atoms with Gasteiger partial charge in [0, 0.05) is 7.05 Å². The minimum absolute atomic E-state index is 0.0994. The molecule has 23 heavy (non-hydrogen) atoms.